The predicted molar refractivity (Wildman–Crippen MR) is 69.6 cm³/mol. The van der Waals surface area contributed by atoms with Crippen molar-refractivity contribution in [2.75, 3.05) is 6.61 Å². The van der Waals surface area contributed by atoms with Gasteiger partial charge in [-0.2, -0.15) is 0 Å². The van der Waals surface area contributed by atoms with Crippen molar-refractivity contribution in [3.8, 4) is 0 Å². The third-order valence-electron chi connectivity index (χ3n) is 2.15. The van der Waals surface area contributed by atoms with Crippen LogP contribution < -0.4 is 0 Å². The maximum atomic E-state index is 11.5. The summed E-state index contributed by atoms with van der Waals surface area (Å²) < 4.78 is 4.69. The molecule has 1 aromatic carbocycles. The Kier molecular flexibility index (Phi) is 5.33. The standard InChI is InChI=1S/C12H13N3O5/c1-3-20-12(17)11(8(2)16)14-13-9-6-4-5-7-10(9)15(18)19/h4-7,16H,3H2,1-2H3/b11-8+,14-13?. The summed E-state index contributed by atoms with van der Waals surface area (Å²) in [7, 11) is 0. The lowest BCUT2D eigenvalue weighted by Crippen LogP contribution is -2.07. The minimum Gasteiger partial charge on any atom is -0.510 e. The fraction of sp³-hybridized carbons (Fsp3) is 0.250. The maximum Gasteiger partial charge on any atom is 0.362 e. The number of allylic oxidation sites excluding steroid dienone is 1. The lowest BCUT2D eigenvalue weighted by Gasteiger charge is -2.02. The number of nitro benzene ring substituents is 1. The Labute approximate surface area is 114 Å². The molecule has 0 heterocycles. The smallest absolute Gasteiger partial charge is 0.362 e. The summed E-state index contributed by atoms with van der Waals surface area (Å²) >= 11 is 0. The summed E-state index contributed by atoms with van der Waals surface area (Å²) in [6.07, 6.45) is 0. The zero-order valence-corrected chi connectivity index (χ0v) is 10.9. The van der Waals surface area contributed by atoms with E-state index in [9.17, 15) is 20.0 Å². The molecule has 0 aromatic heterocycles. The number of rotatable bonds is 5. The first-order chi connectivity index (χ1) is 9.47. The molecule has 1 N–H and O–H groups in total. The van der Waals surface area contributed by atoms with E-state index in [2.05, 4.69) is 15.0 Å². The van der Waals surface area contributed by atoms with E-state index < -0.39 is 16.6 Å². The van der Waals surface area contributed by atoms with Gasteiger partial charge in [-0.1, -0.05) is 12.1 Å². The summed E-state index contributed by atoms with van der Waals surface area (Å²) in [5, 5.41) is 27.3. The second-order valence-electron chi connectivity index (χ2n) is 3.60. The summed E-state index contributed by atoms with van der Waals surface area (Å²) in [6, 6.07) is 5.66. The molecule has 0 aliphatic heterocycles. The topological polar surface area (TPSA) is 114 Å². The van der Waals surface area contributed by atoms with Gasteiger partial charge in [0.15, 0.2) is 5.69 Å². The number of aliphatic hydroxyl groups is 1. The quantitative estimate of drug-likeness (QED) is 0.222. The number of azo groups is 1. The third-order valence-corrected chi connectivity index (χ3v) is 2.15. The molecule has 20 heavy (non-hydrogen) atoms. The number of nitrogens with zero attached hydrogens (tertiary/aromatic N) is 3. The Morgan fingerprint density at radius 1 is 1.45 bits per heavy atom. The largest absolute Gasteiger partial charge is 0.510 e. The van der Waals surface area contributed by atoms with Crippen LogP contribution in [-0.2, 0) is 9.53 Å². The fourth-order valence-corrected chi connectivity index (χ4v) is 1.27. The average molecular weight is 279 g/mol. The van der Waals surface area contributed by atoms with E-state index in [4.69, 9.17) is 0 Å². The molecule has 0 saturated carbocycles. The highest BCUT2D eigenvalue weighted by atomic mass is 16.6. The van der Waals surface area contributed by atoms with Gasteiger partial charge in [-0.15, -0.1) is 10.2 Å². The van der Waals surface area contributed by atoms with Crippen LogP contribution in [0, 0.1) is 10.1 Å². The number of hydrogen-bond donors (Lipinski definition) is 1. The van der Waals surface area contributed by atoms with Gasteiger partial charge in [0.2, 0.25) is 5.70 Å². The molecule has 0 aliphatic carbocycles. The second-order valence-corrected chi connectivity index (χ2v) is 3.60. The Morgan fingerprint density at radius 3 is 2.65 bits per heavy atom. The minimum atomic E-state index is -0.852. The van der Waals surface area contributed by atoms with Crippen LogP contribution >= 0.6 is 0 Å². The van der Waals surface area contributed by atoms with Crippen LogP contribution in [0.4, 0.5) is 11.4 Å². The number of esters is 1. The van der Waals surface area contributed by atoms with E-state index in [1.54, 1.807) is 13.0 Å². The molecule has 1 rings (SSSR count). The van der Waals surface area contributed by atoms with Crippen molar-refractivity contribution in [3.63, 3.8) is 0 Å². The summed E-state index contributed by atoms with van der Waals surface area (Å²) in [5.41, 5.74) is -0.680. The van der Waals surface area contributed by atoms with Gasteiger partial charge in [-0.05, 0) is 19.9 Å². The van der Waals surface area contributed by atoms with Gasteiger partial charge >= 0.3 is 5.97 Å². The number of carbonyl (C=O) groups excluding carboxylic acids is 1. The highest BCUT2D eigenvalue weighted by molar-refractivity contribution is 5.88. The van der Waals surface area contributed by atoms with E-state index in [1.165, 1.54) is 25.1 Å². The first kappa shape index (κ1) is 15.3. The molecule has 0 saturated heterocycles. The molecule has 8 nitrogen and oxygen atoms in total. The first-order valence-corrected chi connectivity index (χ1v) is 5.69. The zero-order chi connectivity index (χ0) is 15.1. The van der Waals surface area contributed by atoms with Crippen LogP contribution in [0.25, 0.3) is 0 Å². The van der Waals surface area contributed by atoms with Crippen LogP contribution in [0.15, 0.2) is 46.0 Å². The molecular formula is C12H13N3O5. The highest BCUT2D eigenvalue weighted by Gasteiger charge is 2.16. The third kappa shape index (κ3) is 3.87. The van der Waals surface area contributed by atoms with Gasteiger partial charge in [-0.3, -0.25) is 10.1 Å². The molecule has 0 atom stereocenters. The van der Waals surface area contributed by atoms with Crippen molar-refractivity contribution in [3.05, 3.63) is 45.8 Å². The van der Waals surface area contributed by atoms with Gasteiger partial charge in [0, 0.05) is 6.07 Å². The average Bonchev–Trinajstić information content (AvgIpc) is 2.39. The highest BCUT2D eigenvalue weighted by Crippen LogP contribution is 2.27. The number of para-hydroxylation sites is 1. The molecular weight excluding hydrogens is 266 g/mol. The predicted octanol–water partition coefficient (Wildman–Crippen LogP) is 3.03. The van der Waals surface area contributed by atoms with Crippen molar-refractivity contribution in [1.82, 2.24) is 0 Å². The van der Waals surface area contributed by atoms with Crippen LogP contribution in [0.2, 0.25) is 0 Å². The van der Waals surface area contributed by atoms with E-state index in [1.807, 2.05) is 0 Å². The Bertz CT molecular complexity index is 576. The van der Waals surface area contributed by atoms with Crippen LogP contribution in [0.3, 0.4) is 0 Å². The molecule has 106 valence electrons. The summed E-state index contributed by atoms with van der Waals surface area (Å²) in [5.74, 6) is -1.24. The number of hydrogen-bond acceptors (Lipinski definition) is 7. The number of ether oxygens (including phenoxy) is 1. The minimum absolute atomic E-state index is 0.0273. The molecule has 0 aliphatic rings. The summed E-state index contributed by atoms with van der Waals surface area (Å²) in [6.45, 7) is 2.95. The molecule has 1 aromatic rings. The van der Waals surface area contributed by atoms with Gasteiger partial charge in [0.1, 0.15) is 5.76 Å². The van der Waals surface area contributed by atoms with Gasteiger partial charge in [0.25, 0.3) is 5.69 Å². The van der Waals surface area contributed by atoms with Crippen molar-refractivity contribution >= 4 is 17.3 Å². The van der Waals surface area contributed by atoms with E-state index in [0.717, 1.165) is 0 Å². The molecule has 0 fully saturated rings. The van der Waals surface area contributed by atoms with Crippen LogP contribution in [-0.4, -0.2) is 22.6 Å². The Morgan fingerprint density at radius 2 is 2.10 bits per heavy atom. The molecule has 0 spiro atoms. The van der Waals surface area contributed by atoms with Crippen molar-refractivity contribution < 1.29 is 19.6 Å². The normalized spacial score (nSPS) is 12.1. The van der Waals surface area contributed by atoms with Crippen molar-refractivity contribution in [2.45, 2.75) is 13.8 Å². The zero-order valence-electron chi connectivity index (χ0n) is 10.9. The lowest BCUT2D eigenvalue weighted by atomic mass is 10.3. The number of nitro groups is 1. The van der Waals surface area contributed by atoms with E-state index in [-0.39, 0.29) is 23.7 Å². The first-order valence-electron chi connectivity index (χ1n) is 5.69. The fourth-order valence-electron chi connectivity index (χ4n) is 1.27. The van der Waals surface area contributed by atoms with Gasteiger partial charge in [0.05, 0.1) is 11.5 Å². The van der Waals surface area contributed by atoms with E-state index >= 15 is 0 Å². The molecule has 0 amide bonds. The maximum absolute atomic E-state index is 11.5. The Hall–Kier alpha value is -2.77. The van der Waals surface area contributed by atoms with Crippen molar-refractivity contribution in [1.29, 1.82) is 0 Å². The number of benzene rings is 1. The monoisotopic (exact) mass is 279 g/mol. The van der Waals surface area contributed by atoms with Gasteiger partial charge < -0.3 is 9.84 Å². The summed E-state index contributed by atoms with van der Waals surface area (Å²) in [4.78, 5) is 21.7. The molecule has 0 bridgehead atoms. The molecule has 0 radical (unpaired) electrons. The van der Waals surface area contributed by atoms with E-state index in [0.29, 0.717) is 0 Å². The van der Waals surface area contributed by atoms with Crippen LogP contribution in [0.5, 0.6) is 0 Å². The molecule has 0 unspecified atom stereocenters. The van der Waals surface area contributed by atoms with Crippen molar-refractivity contribution in [2.24, 2.45) is 10.2 Å². The molecule has 8 heteroatoms. The number of aliphatic hydroxyl groups excluding tert-OH is 1. The van der Waals surface area contributed by atoms with Crippen LogP contribution in [0.1, 0.15) is 13.8 Å². The van der Waals surface area contributed by atoms with Gasteiger partial charge in [-0.25, -0.2) is 4.79 Å². The number of carbonyl (C=O) groups is 1. The Balaban J connectivity index is 3.10. The second kappa shape index (κ2) is 6.98. The SMILES string of the molecule is CCOC(=O)/C(N=Nc1ccccc1[N+](=O)[O-])=C(/C)O. The lowest BCUT2D eigenvalue weighted by molar-refractivity contribution is -0.384.